The lowest BCUT2D eigenvalue weighted by molar-refractivity contribution is 1.19. The van der Waals surface area contributed by atoms with Crippen molar-refractivity contribution < 1.29 is 0 Å². The van der Waals surface area contributed by atoms with E-state index < -0.39 is 0 Å². The number of hydrogen-bond acceptors (Lipinski definition) is 2. The second-order valence-corrected chi connectivity index (χ2v) is 3.34. The Balaban J connectivity index is 0.000000606. The van der Waals surface area contributed by atoms with Gasteiger partial charge in [0.05, 0.1) is 11.4 Å². The molecule has 0 aromatic carbocycles. The van der Waals surface area contributed by atoms with Gasteiger partial charge in [-0.1, -0.05) is 26.0 Å². The van der Waals surface area contributed by atoms with Crippen molar-refractivity contribution in [2.75, 3.05) is 0 Å². The monoisotopic (exact) mass is 214 g/mol. The molecule has 0 amide bonds. The Kier molecular flexibility index (Phi) is 4.65. The number of hydrogen-bond donors (Lipinski definition) is 0. The van der Waals surface area contributed by atoms with E-state index in [4.69, 9.17) is 0 Å². The average molecular weight is 214 g/mol. The van der Waals surface area contributed by atoms with E-state index in [1.807, 2.05) is 26.0 Å². The Morgan fingerprint density at radius 3 is 1.44 bits per heavy atom. The maximum Gasteiger partial charge on any atom is 0.0917 e. The fourth-order valence-corrected chi connectivity index (χ4v) is 1.47. The van der Waals surface area contributed by atoms with Gasteiger partial charge in [0.1, 0.15) is 0 Å². The van der Waals surface area contributed by atoms with Crippen molar-refractivity contribution in [1.29, 1.82) is 0 Å². The molecule has 2 aromatic rings. The van der Waals surface area contributed by atoms with Gasteiger partial charge in [0.15, 0.2) is 0 Å². The van der Waals surface area contributed by atoms with E-state index in [1.54, 1.807) is 12.4 Å². The molecule has 0 spiro atoms. The molecule has 0 bridgehead atoms. The quantitative estimate of drug-likeness (QED) is 0.721. The first-order valence-corrected chi connectivity index (χ1v) is 5.62. The number of aromatic nitrogens is 2. The number of rotatable bonds is 1. The summed E-state index contributed by atoms with van der Waals surface area (Å²) in [7, 11) is 0. The lowest BCUT2D eigenvalue weighted by Gasteiger charge is -2.05. The molecule has 0 radical (unpaired) electrons. The van der Waals surface area contributed by atoms with Crippen LogP contribution in [0, 0.1) is 13.8 Å². The van der Waals surface area contributed by atoms with Crippen LogP contribution < -0.4 is 0 Å². The maximum atomic E-state index is 4.35. The van der Waals surface area contributed by atoms with Crippen LogP contribution in [0.25, 0.3) is 11.4 Å². The van der Waals surface area contributed by atoms with Gasteiger partial charge >= 0.3 is 0 Å². The predicted octanol–water partition coefficient (Wildman–Crippen LogP) is 3.79. The van der Waals surface area contributed by atoms with Crippen molar-refractivity contribution >= 4 is 0 Å². The summed E-state index contributed by atoms with van der Waals surface area (Å²) < 4.78 is 0. The van der Waals surface area contributed by atoms with Crippen LogP contribution in [0.15, 0.2) is 36.7 Å². The van der Waals surface area contributed by atoms with E-state index in [-0.39, 0.29) is 0 Å². The maximum absolute atomic E-state index is 4.35. The number of nitrogens with zero attached hydrogens (tertiary/aromatic N) is 2. The standard InChI is InChI=1S/C12H12N2.C2H6/c1-9-5-3-7-13-11(9)12-10(2)6-4-8-14-12;1-2/h3-8H,1-2H3;1-2H3. The molecule has 84 valence electrons. The van der Waals surface area contributed by atoms with Gasteiger partial charge in [-0.3, -0.25) is 9.97 Å². The summed E-state index contributed by atoms with van der Waals surface area (Å²) in [6, 6.07) is 7.99. The minimum Gasteiger partial charge on any atom is -0.254 e. The summed E-state index contributed by atoms with van der Waals surface area (Å²) in [5, 5.41) is 0. The summed E-state index contributed by atoms with van der Waals surface area (Å²) >= 11 is 0. The molecule has 0 aliphatic carbocycles. The summed E-state index contributed by atoms with van der Waals surface area (Å²) in [4.78, 5) is 8.69. The van der Waals surface area contributed by atoms with Crippen molar-refractivity contribution in [3.63, 3.8) is 0 Å². The fourth-order valence-electron chi connectivity index (χ4n) is 1.47. The summed E-state index contributed by atoms with van der Waals surface area (Å²) in [5.74, 6) is 0. The molecule has 0 saturated carbocycles. The lowest BCUT2D eigenvalue weighted by atomic mass is 10.1. The molecule has 0 atom stereocenters. The normalized spacial score (nSPS) is 9.25. The first-order valence-electron chi connectivity index (χ1n) is 5.62. The van der Waals surface area contributed by atoms with E-state index >= 15 is 0 Å². The third kappa shape index (κ3) is 2.66. The SMILES string of the molecule is CC.Cc1cccnc1-c1ncccc1C. The summed E-state index contributed by atoms with van der Waals surface area (Å²) in [5.41, 5.74) is 4.28. The van der Waals surface area contributed by atoms with Crippen LogP contribution in [0.4, 0.5) is 0 Å². The zero-order valence-electron chi connectivity index (χ0n) is 10.4. The van der Waals surface area contributed by atoms with Gasteiger partial charge in [-0.25, -0.2) is 0 Å². The van der Waals surface area contributed by atoms with Crippen LogP contribution in [0.2, 0.25) is 0 Å². The molecule has 0 unspecified atom stereocenters. The van der Waals surface area contributed by atoms with Crippen molar-refractivity contribution in [3.8, 4) is 11.4 Å². The summed E-state index contributed by atoms with van der Waals surface area (Å²) in [6.45, 7) is 8.10. The first kappa shape index (κ1) is 12.4. The highest BCUT2D eigenvalue weighted by Crippen LogP contribution is 2.20. The topological polar surface area (TPSA) is 25.8 Å². The molecule has 16 heavy (non-hydrogen) atoms. The smallest absolute Gasteiger partial charge is 0.0917 e. The van der Waals surface area contributed by atoms with Crippen LogP contribution in [0.3, 0.4) is 0 Å². The average Bonchev–Trinajstić information content (AvgIpc) is 2.34. The van der Waals surface area contributed by atoms with E-state index in [9.17, 15) is 0 Å². The third-order valence-electron chi connectivity index (χ3n) is 2.24. The van der Waals surface area contributed by atoms with Gasteiger partial charge < -0.3 is 0 Å². The second-order valence-electron chi connectivity index (χ2n) is 3.34. The van der Waals surface area contributed by atoms with Crippen molar-refractivity contribution in [2.45, 2.75) is 27.7 Å². The van der Waals surface area contributed by atoms with Crippen molar-refractivity contribution in [3.05, 3.63) is 47.8 Å². The Hall–Kier alpha value is -1.70. The minimum absolute atomic E-state index is 0.977. The Morgan fingerprint density at radius 2 is 1.12 bits per heavy atom. The van der Waals surface area contributed by atoms with Crippen LogP contribution >= 0.6 is 0 Å². The van der Waals surface area contributed by atoms with E-state index in [2.05, 4.69) is 35.9 Å². The molecule has 0 aliphatic rings. The van der Waals surface area contributed by atoms with Gasteiger partial charge in [-0.05, 0) is 37.1 Å². The number of aryl methyl sites for hydroxylation is 2. The van der Waals surface area contributed by atoms with Crippen molar-refractivity contribution in [2.24, 2.45) is 0 Å². The highest BCUT2D eigenvalue weighted by molar-refractivity contribution is 5.61. The molecular formula is C14H18N2. The minimum atomic E-state index is 0.977. The molecule has 0 N–H and O–H groups in total. The molecule has 0 saturated heterocycles. The van der Waals surface area contributed by atoms with Gasteiger partial charge in [0.25, 0.3) is 0 Å². The molecule has 0 aliphatic heterocycles. The summed E-state index contributed by atoms with van der Waals surface area (Å²) in [6.07, 6.45) is 3.60. The van der Waals surface area contributed by atoms with Gasteiger partial charge in [-0.2, -0.15) is 0 Å². The molecule has 2 heterocycles. The highest BCUT2D eigenvalue weighted by atomic mass is 14.8. The van der Waals surface area contributed by atoms with E-state index in [1.165, 1.54) is 0 Å². The Morgan fingerprint density at radius 1 is 0.750 bits per heavy atom. The molecule has 2 rings (SSSR count). The van der Waals surface area contributed by atoms with Crippen LogP contribution in [0.1, 0.15) is 25.0 Å². The van der Waals surface area contributed by atoms with Crippen LogP contribution in [0.5, 0.6) is 0 Å². The zero-order valence-corrected chi connectivity index (χ0v) is 10.4. The zero-order chi connectivity index (χ0) is 12.0. The molecule has 2 heteroatoms. The van der Waals surface area contributed by atoms with E-state index in [0.717, 1.165) is 22.5 Å². The molecule has 0 fully saturated rings. The third-order valence-corrected chi connectivity index (χ3v) is 2.24. The van der Waals surface area contributed by atoms with E-state index in [0.29, 0.717) is 0 Å². The van der Waals surface area contributed by atoms with Gasteiger partial charge in [0, 0.05) is 12.4 Å². The van der Waals surface area contributed by atoms with Crippen LogP contribution in [-0.4, -0.2) is 9.97 Å². The molecule has 2 aromatic heterocycles. The fraction of sp³-hybridized carbons (Fsp3) is 0.286. The molecular weight excluding hydrogens is 196 g/mol. The number of pyridine rings is 2. The van der Waals surface area contributed by atoms with Gasteiger partial charge in [0.2, 0.25) is 0 Å². The second kappa shape index (κ2) is 6.01. The first-order chi connectivity index (χ1) is 7.79. The highest BCUT2D eigenvalue weighted by Gasteiger charge is 2.05. The lowest BCUT2D eigenvalue weighted by Crippen LogP contribution is -1.92. The predicted molar refractivity (Wildman–Crippen MR) is 68.3 cm³/mol. The van der Waals surface area contributed by atoms with Gasteiger partial charge in [-0.15, -0.1) is 0 Å². The van der Waals surface area contributed by atoms with Crippen LogP contribution in [-0.2, 0) is 0 Å². The Bertz CT molecular complexity index is 406. The van der Waals surface area contributed by atoms with Crippen molar-refractivity contribution in [1.82, 2.24) is 9.97 Å². The molecule has 2 nitrogen and oxygen atoms in total. The Labute approximate surface area is 97.4 Å². The largest absolute Gasteiger partial charge is 0.254 e.